The summed E-state index contributed by atoms with van der Waals surface area (Å²) in [6, 6.07) is 11.5. The SMILES string of the molecule is CCOc1ccc(OCC(=O)N(CCN(C)C)c2nc3c(C)c(C)ccc3s2)cc1. The van der Waals surface area contributed by atoms with Gasteiger partial charge in [0.15, 0.2) is 11.7 Å². The monoisotopic (exact) mass is 427 g/mol. The van der Waals surface area contributed by atoms with E-state index >= 15 is 0 Å². The molecule has 0 fully saturated rings. The highest BCUT2D eigenvalue weighted by atomic mass is 32.1. The molecule has 3 rings (SSSR count). The van der Waals surface area contributed by atoms with Crippen LogP contribution in [0.5, 0.6) is 11.5 Å². The summed E-state index contributed by atoms with van der Waals surface area (Å²) in [5.41, 5.74) is 3.31. The van der Waals surface area contributed by atoms with Crippen molar-refractivity contribution in [1.82, 2.24) is 9.88 Å². The fraction of sp³-hybridized carbons (Fsp3) is 0.391. The number of ether oxygens (including phenoxy) is 2. The molecule has 0 aliphatic carbocycles. The number of carbonyl (C=O) groups is 1. The van der Waals surface area contributed by atoms with E-state index in [0.29, 0.717) is 24.0 Å². The van der Waals surface area contributed by atoms with Crippen molar-refractivity contribution in [3.63, 3.8) is 0 Å². The topological polar surface area (TPSA) is 54.9 Å². The molecule has 0 bridgehead atoms. The number of aryl methyl sites for hydroxylation is 2. The zero-order chi connectivity index (χ0) is 21.7. The predicted molar refractivity (Wildman–Crippen MR) is 123 cm³/mol. The summed E-state index contributed by atoms with van der Waals surface area (Å²) in [5, 5.41) is 0.709. The molecule has 1 aromatic heterocycles. The lowest BCUT2D eigenvalue weighted by atomic mass is 10.1. The van der Waals surface area contributed by atoms with Gasteiger partial charge in [0.1, 0.15) is 11.5 Å². The van der Waals surface area contributed by atoms with Crippen LogP contribution >= 0.6 is 11.3 Å². The summed E-state index contributed by atoms with van der Waals surface area (Å²) in [7, 11) is 3.98. The van der Waals surface area contributed by atoms with Crippen LogP contribution in [0.4, 0.5) is 5.13 Å². The summed E-state index contributed by atoms with van der Waals surface area (Å²) in [6.45, 7) is 7.95. The quantitative estimate of drug-likeness (QED) is 0.510. The number of thiazole rings is 1. The molecule has 0 saturated carbocycles. The fourth-order valence-corrected chi connectivity index (χ4v) is 4.05. The number of carbonyl (C=O) groups excluding carboxylic acids is 1. The van der Waals surface area contributed by atoms with Crippen LogP contribution in [0.2, 0.25) is 0 Å². The Labute approximate surface area is 182 Å². The first-order valence-electron chi connectivity index (χ1n) is 10.1. The molecule has 0 unspecified atom stereocenters. The van der Waals surface area contributed by atoms with Crippen LogP contribution in [0, 0.1) is 13.8 Å². The molecule has 30 heavy (non-hydrogen) atoms. The lowest BCUT2D eigenvalue weighted by Gasteiger charge is -2.22. The molecule has 0 saturated heterocycles. The van der Waals surface area contributed by atoms with Crippen molar-refractivity contribution in [1.29, 1.82) is 0 Å². The second-order valence-corrected chi connectivity index (χ2v) is 8.40. The van der Waals surface area contributed by atoms with Gasteiger partial charge in [-0.2, -0.15) is 0 Å². The van der Waals surface area contributed by atoms with Crippen molar-refractivity contribution in [3.8, 4) is 11.5 Å². The van der Waals surface area contributed by atoms with Crippen LogP contribution in [-0.2, 0) is 4.79 Å². The molecule has 2 aromatic carbocycles. The molecule has 6 nitrogen and oxygen atoms in total. The van der Waals surface area contributed by atoms with Gasteiger partial charge < -0.3 is 14.4 Å². The number of fused-ring (bicyclic) bond motifs is 1. The zero-order valence-corrected chi connectivity index (χ0v) is 19.1. The van der Waals surface area contributed by atoms with Crippen molar-refractivity contribution < 1.29 is 14.3 Å². The minimum Gasteiger partial charge on any atom is -0.494 e. The number of anilines is 1. The standard InChI is InChI=1S/C23H29N3O3S/c1-6-28-18-8-10-19(11-9-18)29-15-21(27)26(14-13-25(4)5)23-24-22-17(3)16(2)7-12-20(22)30-23/h7-12H,6,13-15H2,1-5H3. The Hall–Kier alpha value is -2.64. The lowest BCUT2D eigenvalue weighted by molar-refractivity contribution is -0.120. The Morgan fingerprint density at radius 2 is 1.67 bits per heavy atom. The van der Waals surface area contributed by atoms with Crippen LogP contribution in [0.25, 0.3) is 10.2 Å². The average molecular weight is 428 g/mol. The van der Waals surface area contributed by atoms with Gasteiger partial charge in [0, 0.05) is 13.1 Å². The lowest BCUT2D eigenvalue weighted by Crippen LogP contribution is -2.39. The molecule has 0 atom stereocenters. The number of nitrogens with zero attached hydrogens (tertiary/aromatic N) is 3. The van der Waals surface area contributed by atoms with Gasteiger partial charge in [-0.1, -0.05) is 17.4 Å². The number of benzene rings is 2. The molecule has 7 heteroatoms. The molecule has 0 spiro atoms. The third kappa shape index (κ3) is 5.29. The molecule has 1 heterocycles. The smallest absolute Gasteiger partial charge is 0.266 e. The Morgan fingerprint density at radius 3 is 2.30 bits per heavy atom. The summed E-state index contributed by atoms with van der Waals surface area (Å²) >= 11 is 1.54. The maximum atomic E-state index is 13.1. The second-order valence-electron chi connectivity index (χ2n) is 7.39. The van der Waals surface area contributed by atoms with Crippen molar-refractivity contribution in [3.05, 3.63) is 47.5 Å². The van der Waals surface area contributed by atoms with E-state index in [1.807, 2.05) is 45.3 Å². The van der Waals surface area contributed by atoms with Gasteiger partial charge in [-0.05, 0) is 76.3 Å². The highest BCUT2D eigenvalue weighted by molar-refractivity contribution is 7.22. The van der Waals surface area contributed by atoms with Crippen molar-refractivity contribution >= 4 is 32.6 Å². The number of rotatable bonds is 9. The van der Waals surface area contributed by atoms with E-state index in [9.17, 15) is 4.79 Å². The molecule has 3 aromatic rings. The van der Waals surface area contributed by atoms with Gasteiger partial charge in [0.05, 0.1) is 16.8 Å². The summed E-state index contributed by atoms with van der Waals surface area (Å²) in [6.07, 6.45) is 0. The summed E-state index contributed by atoms with van der Waals surface area (Å²) < 4.78 is 12.3. The maximum absolute atomic E-state index is 13.1. The number of hydrogen-bond acceptors (Lipinski definition) is 6. The van der Waals surface area contributed by atoms with E-state index in [0.717, 1.165) is 28.1 Å². The molecule has 160 valence electrons. The van der Waals surface area contributed by atoms with Gasteiger partial charge in [-0.25, -0.2) is 4.98 Å². The first-order valence-corrected chi connectivity index (χ1v) is 10.9. The molecule has 1 amide bonds. The molecule has 0 radical (unpaired) electrons. The number of hydrogen-bond donors (Lipinski definition) is 0. The molecular weight excluding hydrogens is 398 g/mol. The molecule has 0 aliphatic heterocycles. The minimum atomic E-state index is -0.112. The van der Waals surface area contributed by atoms with Gasteiger partial charge in [-0.3, -0.25) is 9.69 Å². The first-order chi connectivity index (χ1) is 14.4. The Kier molecular flexibility index (Phi) is 7.29. The molecule has 0 aliphatic rings. The fourth-order valence-electron chi connectivity index (χ4n) is 2.98. The Bertz CT molecular complexity index is 999. The number of amides is 1. The average Bonchev–Trinajstić information content (AvgIpc) is 3.15. The minimum absolute atomic E-state index is 0.0463. The van der Waals surface area contributed by atoms with Gasteiger partial charge >= 0.3 is 0 Å². The van der Waals surface area contributed by atoms with E-state index < -0.39 is 0 Å². The number of aromatic nitrogens is 1. The van der Waals surface area contributed by atoms with Gasteiger partial charge in [0.2, 0.25) is 0 Å². The Morgan fingerprint density at radius 1 is 1.00 bits per heavy atom. The normalized spacial score (nSPS) is 11.1. The van der Waals surface area contributed by atoms with E-state index in [-0.39, 0.29) is 12.5 Å². The van der Waals surface area contributed by atoms with Crippen LogP contribution < -0.4 is 14.4 Å². The second kappa shape index (κ2) is 9.91. The van der Waals surface area contributed by atoms with E-state index in [2.05, 4.69) is 30.9 Å². The van der Waals surface area contributed by atoms with Crippen LogP contribution in [0.1, 0.15) is 18.1 Å². The summed E-state index contributed by atoms with van der Waals surface area (Å²) in [5.74, 6) is 1.30. The van der Waals surface area contributed by atoms with E-state index in [1.54, 1.807) is 16.2 Å². The van der Waals surface area contributed by atoms with Crippen molar-refractivity contribution in [2.45, 2.75) is 20.8 Å². The number of likely N-dealkylation sites (N-methyl/N-ethyl adjacent to an activating group) is 1. The van der Waals surface area contributed by atoms with Crippen LogP contribution in [0.3, 0.4) is 0 Å². The van der Waals surface area contributed by atoms with Crippen LogP contribution in [0.15, 0.2) is 36.4 Å². The highest BCUT2D eigenvalue weighted by Crippen LogP contribution is 2.32. The maximum Gasteiger partial charge on any atom is 0.266 e. The van der Waals surface area contributed by atoms with Crippen LogP contribution in [-0.4, -0.2) is 56.2 Å². The summed E-state index contributed by atoms with van der Waals surface area (Å²) in [4.78, 5) is 21.6. The predicted octanol–water partition coefficient (Wildman–Crippen LogP) is 4.29. The van der Waals surface area contributed by atoms with E-state index in [4.69, 9.17) is 14.5 Å². The van der Waals surface area contributed by atoms with E-state index in [1.165, 1.54) is 5.56 Å². The van der Waals surface area contributed by atoms with Crippen molar-refractivity contribution in [2.75, 3.05) is 45.3 Å². The Balaban J connectivity index is 1.77. The largest absolute Gasteiger partial charge is 0.494 e. The van der Waals surface area contributed by atoms with Gasteiger partial charge in [-0.15, -0.1) is 0 Å². The first kappa shape index (κ1) is 22.1. The molecule has 0 N–H and O–H groups in total. The highest BCUT2D eigenvalue weighted by Gasteiger charge is 2.21. The van der Waals surface area contributed by atoms with Crippen molar-refractivity contribution in [2.24, 2.45) is 0 Å². The van der Waals surface area contributed by atoms with Gasteiger partial charge in [0.25, 0.3) is 5.91 Å². The third-order valence-corrected chi connectivity index (χ3v) is 5.92. The third-order valence-electron chi connectivity index (χ3n) is 4.87. The molecular formula is C23H29N3O3S. The zero-order valence-electron chi connectivity index (χ0n) is 18.3.